The van der Waals surface area contributed by atoms with Crippen LogP contribution in [0.3, 0.4) is 0 Å². The Balaban J connectivity index is 1.42. The maximum atomic E-state index is 13.4. The Morgan fingerprint density at radius 2 is 2.00 bits per heavy atom. The first kappa shape index (κ1) is 20.4. The molecule has 2 atom stereocenters. The first-order valence-corrected chi connectivity index (χ1v) is 11.1. The fraction of sp³-hybridized carbons (Fsp3) is 0.308. The Labute approximate surface area is 188 Å². The van der Waals surface area contributed by atoms with Crippen LogP contribution in [0.15, 0.2) is 73.1 Å². The first-order chi connectivity index (χ1) is 15.7. The van der Waals surface area contributed by atoms with E-state index >= 15 is 0 Å². The second kappa shape index (κ2) is 8.91. The number of hydrogen-bond acceptors (Lipinski definition) is 5. The van der Waals surface area contributed by atoms with E-state index in [0.717, 1.165) is 37.4 Å². The molecular formula is C26H28N4O2. The third-order valence-electron chi connectivity index (χ3n) is 6.57. The van der Waals surface area contributed by atoms with E-state index in [-0.39, 0.29) is 17.9 Å². The molecule has 2 unspecified atom stereocenters. The SMILES string of the molecule is COc1ccc2c(c1)N1CCN(c3ccccc3)CC1C(C(=O)NCc1cccnc1)C2. The molecule has 3 heterocycles. The number of carbonyl (C=O) groups excluding carboxylic acids is 1. The summed E-state index contributed by atoms with van der Waals surface area (Å²) in [5, 5.41) is 3.16. The van der Waals surface area contributed by atoms with E-state index in [1.807, 2.05) is 24.3 Å². The summed E-state index contributed by atoms with van der Waals surface area (Å²) < 4.78 is 5.49. The number of pyridine rings is 1. The molecular weight excluding hydrogens is 400 g/mol. The van der Waals surface area contributed by atoms with Gasteiger partial charge in [0, 0.05) is 56.0 Å². The molecule has 6 heteroatoms. The molecule has 5 rings (SSSR count). The Morgan fingerprint density at radius 1 is 1.12 bits per heavy atom. The van der Waals surface area contributed by atoms with Crippen LogP contribution in [0.4, 0.5) is 11.4 Å². The number of nitrogens with one attached hydrogen (secondary N) is 1. The van der Waals surface area contributed by atoms with Crippen molar-refractivity contribution < 1.29 is 9.53 Å². The lowest BCUT2D eigenvalue weighted by Gasteiger charge is -2.49. The number of ether oxygens (including phenoxy) is 1. The summed E-state index contributed by atoms with van der Waals surface area (Å²) >= 11 is 0. The van der Waals surface area contributed by atoms with E-state index < -0.39 is 0 Å². The Bertz CT molecular complexity index is 1070. The van der Waals surface area contributed by atoms with Crippen LogP contribution in [0.1, 0.15) is 11.1 Å². The number of benzene rings is 2. The van der Waals surface area contributed by atoms with Crippen LogP contribution in [-0.2, 0) is 17.8 Å². The normalized spacial score (nSPS) is 19.7. The lowest BCUT2D eigenvalue weighted by atomic mass is 9.83. The monoisotopic (exact) mass is 428 g/mol. The number of para-hydroxylation sites is 1. The third kappa shape index (κ3) is 4.00. The van der Waals surface area contributed by atoms with Gasteiger partial charge in [0.15, 0.2) is 0 Å². The summed E-state index contributed by atoms with van der Waals surface area (Å²) in [4.78, 5) is 22.4. The van der Waals surface area contributed by atoms with Crippen molar-refractivity contribution in [3.05, 3.63) is 84.2 Å². The molecule has 0 radical (unpaired) electrons. The summed E-state index contributed by atoms with van der Waals surface area (Å²) in [5.74, 6) is 0.826. The van der Waals surface area contributed by atoms with E-state index in [1.165, 1.54) is 16.9 Å². The molecule has 2 aliphatic rings. The van der Waals surface area contributed by atoms with Crippen LogP contribution < -0.4 is 19.9 Å². The molecule has 0 aliphatic carbocycles. The fourth-order valence-corrected chi connectivity index (χ4v) is 4.90. The van der Waals surface area contributed by atoms with Crippen molar-refractivity contribution in [2.45, 2.75) is 19.0 Å². The Kier molecular flexibility index (Phi) is 5.67. The zero-order chi connectivity index (χ0) is 21.9. The number of methoxy groups -OCH3 is 1. The number of carbonyl (C=O) groups is 1. The highest BCUT2D eigenvalue weighted by Gasteiger charge is 2.41. The maximum Gasteiger partial charge on any atom is 0.225 e. The molecule has 1 aromatic heterocycles. The molecule has 1 fully saturated rings. The van der Waals surface area contributed by atoms with Gasteiger partial charge >= 0.3 is 0 Å². The van der Waals surface area contributed by atoms with Gasteiger partial charge in [0.05, 0.1) is 19.1 Å². The maximum absolute atomic E-state index is 13.4. The predicted octanol–water partition coefficient (Wildman–Crippen LogP) is 3.27. The second-order valence-electron chi connectivity index (χ2n) is 8.43. The van der Waals surface area contributed by atoms with Crippen LogP contribution >= 0.6 is 0 Å². The van der Waals surface area contributed by atoms with Gasteiger partial charge in [0.2, 0.25) is 5.91 Å². The van der Waals surface area contributed by atoms with Gasteiger partial charge in [-0.2, -0.15) is 0 Å². The van der Waals surface area contributed by atoms with Gasteiger partial charge in [-0.25, -0.2) is 0 Å². The number of anilines is 2. The standard InChI is InChI=1S/C26H28N4O2/c1-32-22-10-9-20-14-23(26(31)28-17-19-6-5-11-27-16-19)25-18-29(21-7-3-2-4-8-21)12-13-30(25)24(20)15-22/h2-11,15-16,23,25H,12-14,17-18H2,1H3,(H,28,31). The molecule has 2 aromatic carbocycles. The van der Waals surface area contributed by atoms with Crippen molar-refractivity contribution in [3.63, 3.8) is 0 Å². The minimum absolute atomic E-state index is 0.0949. The number of aromatic nitrogens is 1. The predicted molar refractivity (Wildman–Crippen MR) is 126 cm³/mol. The molecule has 1 saturated heterocycles. The second-order valence-corrected chi connectivity index (χ2v) is 8.43. The molecule has 1 amide bonds. The van der Waals surface area contributed by atoms with Crippen molar-refractivity contribution >= 4 is 17.3 Å². The molecule has 0 saturated carbocycles. The number of amides is 1. The summed E-state index contributed by atoms with van der Waals surface area (Å²) in [7, 11) is 1.70. The number of rotatable bonds is 5. The van der Waals surface area contributed by atoms with Crippen molar-refractivity contribution in [3.8, 4) is 5.75 Å². The van der Waals surface area contributed by atoms with E-state index in [4.69, 9.17) is 4.74 Å². The summed E-state index contributed by atoms with van der Waals surface area (Å²) in [6.07, 6.45) is 4.27. The number of fused-ring (bicyclic) bond motifs is 3. The van der Waals surface area contributed by atoms with Crippen molar-refractivity contribution in [2.24, 2.45) is 5.92 Å². The third-order valence-corrected chi connectivity index (χ3v) is 6.57. The number of nitrogens with zero attached hydrogens (tertiary/aromatic N) is 3. The van der Waals surface area contributed by atoms with Crippen LogP contribution in [0, 0.1) is 5.92 Å². The van der Waals surface area contributed by atoms with Crippen LogP contribution in [0.2, 0.25) is 0 Å². The highest BCUT2D eigenvalue weighted by Crippen LogP contribution is 2.38. The average Bonchev–Trinajstić information content (AvgIpc) is 2.87. The molecule has 0 bridgehead atoms. The molecule has 3 aromatic rings. The summed E-state index contributed by atoms with van der Waals surface area (Å²) in [6.45, 7) is 3.09. The van der Waals surface area contributed by atoms with Gasteiger partial charge < -0.3 is 19.9 Å². The molecule has 32 heavy (non-hydrogen) atoms. The first-order valence-electron chi connectivity index (χ1n) is 11.1. The van der Waals surface area contributed by atoms with Gasteiger partial charge in [-0.15, -0.1) is 0 Å². The zero-order valence-corrected chi connectivity index (χ0v) is 18.3. The van der Waals surface area contributed by atoms with Crippen molar-refractivity contribution in [1.29, 1.82) is 0 Å². The van der Waals surface area contributed by atoms with Crippen LogP contribution in [0.5, 0.6) is 5.75 Å². The molecule has 0 spiro atoms. The smallest absolute Gasteiger partial charge is 0.225 e. The summed E-state index contributed by atoms with van der Waals surface area (Å²) in [5.41, 5.74) is 4.61. The van der Waals surface area contributed by atoms with Gasteiger partial charge in [-0.3, -0.25) is 9.78 Å². The minimum atomic E-state index is -0.126. The average molecular weight is 429 g/mol. The Morgan fingerprint density at radius 3 is 2.78 bits per heavy atom. The zero-order valence-electron chi connectivity index (χ0n) is 18.3. The molecule has 6 nitrogen and oxygen atoms in total. The lowest BCUT2D eigenvalue weighted by molar-refractivity contribution is -0.126. The largest absolute Gasteiger partial charge is 0.497 e. The number of hydrogen-bond donors (Lipinski definition) is 1. The van der Waals surface area contributed by atoms with E-state index in [0.29, 0.717) is 6.54 Å². The Hall–Kier alpha value is -3.54. The molecule has 2 aliphatic heterocycles. The van der Waals surface area contributed by atoms with Gasteiger partial charge in [0.1, 0.15) is 5.75 Å². The molecule has 1 N–H and O–H groups in total. The van der Waals surface area contributed by atoms with Gasteiger partial charge in [-0.1, -0.05) is 30.3 Å². The topological polar surface area (TPSA) is 57.7 Å². The quantitative estimate of drug-likeness (QED) is 0.676. The van der Waals surface area contributed by atoms with Gasteiger partial charge in [-0.05, 0) is 41.8 Å². The van der Waals surface area contributed by atoms with E-state index in [9.17, 15) is 4.79 Å². The summed E-state index contributed by atoms with van der Waals surface area (Å²) in [6, 6.07) is 20.7. The van der Waals surface area contributed by atoms with Gasteiger partial charge in [0.25, 0.3) is 0 Å². The fourth-order valence-electron chi connectivity index (χ4n) is 4.90. The van der Waals surface area contributed by atoms with Crippen molar-refractivity contribution in [1.82, 2.24) is 10.3 Å². The highest BCUT2D eigenvalue weighted by atomic mass is 16.5. The number of piperazine rings is 1. The minimum Gasteiger partial charge on any atom is -0.497 e. The van der Waals surface area contributed by atoms with Crippen molar-refractivity contribution in [2.75, 3.05) is 36.5 Å². The van der Waals surface area contributed by atoms with Crippen LogP contribution in [0.25, 0.3) is 0 Å². The molecule has 164 valence electrons. The van der Waals surface area contributed by atoms with E-state index in [2.05, 4.69) is 56.5 Å². The lowest BCUT2D eigenvalue weighted by Crippen LogP contribution is -2.61. The van der Waals surface area contributed by atoms with E-state index in [1.54, 1.807) is 19.5 Å². The highest BCUT2D eigenvalue weighted by molar-refractivity contribution is 5.82. The van der Waals surface area contributed by atoms with Crippen LogP contribution in [-0.4, -0.2) is 43.7 Å².